The van der Waals surface area contributed by atoms with Crippen LogP contribution >= 0.6 is 0 Å². The molecular formula is C24H50O3. The van der Waals surface area contributed by atoms with Crippen LogP contribution in [0.5, 0.6) is 0 Å². The molecule has 0 aromatic rings. The summed E-state index contributed by atoms with van der Waals surface area (Å²) >= 11 is 0. The van der Waals surface area contributed by atoms with Gasteiger partial charge in [0.25, 0.3) is 0 Å². The summed E-state index contributed by atoms with van der Waals surface area (Å²) in [6.07, 6.45) is 22.8. The average molecular weight is 387 g/mol. The van der Waals surface area contributed by atoms with Crippen molar-refractivity contribution >= 4 is 5.97 Å². The summed E-state index contributed by atoms with van der Waals surface area (Å²) in [6.45, 7) is 6.46. The van der Waals surface area contributed by atoms with Crippen molar-refractivity contribution in [2.24, 2.45) is 0 Å². The lowest BCUT2D eigenvalue weighted by Crippen LogP contribution is -2.02. The van der Waals surface area contributed by atoms with Gasteiger partial charge >= 0.3 is 5.97 Å². The smallest absolute Gasteiger partial charge is 0.303 e. The third-order valence-corrected chi connectivity index (χ3v) is 5.11. The molecule has 0 aromatic carbocycles. The number of aliphatic hydroxyl groups is 1. The molecule has 3 heteroatoms. The summed E-state index contributed by atoms with van der Waals surface area (Å²) in [5.74, 6) is -0.655. The fourth-order valence-corrected chi connectivity index (χ4v) is 3.13. The number of aliphatic carboxylic acids is 1. The minimum Gasteiger partial charge on any atom is -0.481 e. The molecule has 0 bridgehead atoms. The summed E-state index contributed by atoms with van der Waals surface area (Å²) < 4.78 is 0. The highest BCUT2D eigenvalue weighted by molar-refractivity contribution is 5.66. The zero-order valence-electron chi connectivity index (χ0n) is 18.8. The Balaban J connectivity index is 0. The number of hydrogen-bond donors (Lipinski definition) is 2. The molecule has 1 atom stereocenters. The van der Waals surface area contributed by atoms with E-state index in [9.17, 15) is 4.79 Å². The largest absolute Gasteiger partial charge is 0.481 e. The van der Waals surface area contributed by atoms with Crippen molar-refractivity contribution in [2.75, 3.05) is 0 Å². The summed E-state index contributed by atoms with van der Waals surface area (Å²) in [5.41, 5.74) is 0. The molecule has 0 aliphatic rings. The first-order valence-electron chi connectivity index (χ1n) is 12.0. The van der Waals surface area contributed by atoms with Gasteiger partial charge in [-0.1, -0.05) is 117 Å². The maximum Gasteiger partial charge on any atom is 0.303 e. The molecule has 0 saturated carbocycles. The van der Waals surface area contributed by atoms with Crippen LogP contribution in [0.2, 0.25) is 0 Å². The molecule has 0 fully saturated rings. The molecule has 0 aromatic heterocycles. The first-order chi connectivity index (χ1) is 13.1. The molecular weight excluding hydrogens is 336 g/mol. The second-order valence-corrected chi connectivity index (χ2v) is 7.94. The summed E-state index contributed by atoms with van der Waals surface area (Å²) in [5, 5.41) is 17.6. The average Bonchev–Trinajstić information content (AvgIpc) is 2.66. The first kappa shape index (κ1) is 28.6. The van der Waals surface area contributed by atoms with Crippen LogP contribution in [0.4, 0.5) is 0 Å². The van der Waals surface area contributed by atoms with Gasteiger partial charge in [-0.05, 0) is 19.3 Å². The van der Waals surface area contributed by atoms with E-state index in [0.717, 1.165) is 25.7 Å². The maximum atomic E-state index is 10.3. The van der Waals surface area contributed by atoms with Gasteiger partial charge < -0.3 is 10.2 Å². The number of carboxylic acid groups (broad SMARTS) is 1. The molecule has 0 heterocycles. The minimum atomic E-state index is -0.655. The molecule has 0 spiro atoms. The molecule has 0 rings (SSSR count). The lowest BCUT2D eigenvalue weighted by molar-refractivity contribution is -0.137. The molecule has 3 nitrogen and oxygen atoms in total. The lowest BCUT2D eigenvalue weighted by atomic mass is 10.0. The van der Waals surface area contributed by atoms with Crippen molar-refractivity contribution in [3.63, 3.8) is 0 Å². The minimum absolute atomic E-state index is 0.0449. The molecule has 1 unspecified atom stereocenters. The topological polar surface area (TPSA) is 57.5 Å². The molecule has 2 N–H and O–H groups in total. The fourth-order valence-electron chi connectivity index (χ4n) is 3.13. The Labute approximate surface area is 170 Å². The molecule has 0 aliphatic carbocycles. The van der Waals surface area contributed by atoms with E-state index in [2.05, 4.69) is 13.8 Å². The third-order valence-electron chi connectivity index (χ3n) is 5.11. The van der Waals surface area contributed by atoms with Crippen LogP contribution in [0.3, 0.4) is 0 Å². The lowest BCUT2D eigenvalue weighted by Gasteiger charge is -2.04. The van der Waals surface area contributed by atoms with Gasteiger partial charge in [0.1, 0.15) is 0 Å². The van der Waals surface area contributed by atoms with Crippen molar-refractivity contribution < 1.29 is 15.0 Å². The second-order valence-electron chi connectivity index (χ2n) is 7.94. The monoisotopic (exact) mass is 386 g/mol. The van der Waals surface area contributed by atoms with Gasteiger partial charge in [0.15, 0.2) is 0 Å². The summed E-state index contributed by atoms with van der Waals surface area (Å²) in [4.78, 5) is 10.3. The quantitative estimate of drug-likeness (QED) is 0.222. The van der Waals surface area contributed by atoms with E-state index in [4.69, 9.17) is 10.2 Å². The van der Waals surface area contributed by atoms with Crippen LogP contribution in [0.15, 0.2) is 0 Å². The van der Waals surface area contributed by atoms with E-state index >= 15 is 0 Å². The normalized spacial score (nSPS) is 11.7. The Bertz CT molecular complexity index is 279. The standard InChI is InChI=1S/C16H32O2.C8H18O/c1-2-3-4-5-6-7-8-9-10-11-12-13-14-15-16(17)18;1-3-5-6-7-8(9)4-2/h2-15H2,1H3,(H,17,18);8-9H,3-7H2,1-2H3. The van der Waals surface area contributed by atoms with Crippen molar-refractivity contribution in [1.82, 2.24) is 0 Å². The predicted molar refractivity (Wildman–Crippen MR) is 118 cm³/mol. The number of carboxylic acids is 1. The van der Waals surface area contributed by atoms with E-state index in [1.807, 2.05) is 6.92 Å². The second kappa shape index (κ2) is 25.4. The van der Waals surface area contributed by atoms with E-state index in [-0.39, 0.29) is 6.10 Å². The van der Waals surface area contributed by atoms with Crippen molar-refractivity contribution in [3.8, 4) is 0 Å². The highest BCUT2D eigenvalue weighted by atomic mass is 16.4. The predicted octanol–water partition coefficient (Wildman–Crippen LogP) is 7.89. The van der Waals surface area contributed by atoms with Crippen LogP contribution in [0.25, 0.3) is 0 Å². The van der Waals surface area contributed by atoms with Crippen LogP contribution < -0.4 is 0 Å². The van der Waals surface area contributed by atoms with Crippen LogP contribution in [0, 0.1) is 0 Å². The van der Waals surface area contributed by atoms with E-state index < -0.39 is 5.97 Å². The summed E-state index contributed by atoms with van der Waals surface area (Å²) in [7, 11) is 0. The van der Waals surface area contributed by atoms with Crippen molar-refractivity contribution in [1.29, 1.82) is 0 Å². The van der Waals surface area contributed by atoms with E-state index in [0.29, 0.717) is 6.42 Å². The Morgan fingerprint density at radius 2 is 1.00 bits per heavy atom. The SMILES string of the molecule is CCCCCC(O)CC.CCCCCCCCCCCCCCCC(=O)O. The molecule has 0 aliphatic heterocycles. The van der Waals surface area contributed by atoms with Gasteiger partial charge in [-0.15, -0.1) is 0 Å². The Morgan fingerprint density at radius 1 is 0.630 bits per heavy atom. The molecule has 0 radical (unpaired) electrons. The van der Waals surface area contributed by atoms with Crippen molar-refractivity contribution in [2.45, 2.75) is 149 Å². The van der Waals surface area contributed by atoms with Crippen molar-refractivity contribution in [3.05, 3.63) is 0 Å². The number of rotatable bonds is 19. The highest BCUT2D eigenvalue weighted by Gasteiger charge is 1.98. The maximum absolute atomic E-state index is 10.3. The Hall–Kier alpha value is -0.570. The number of carbonyl (C=O) groups is 1. The van der Waals surface area contributed by atoms with Gasteiger partial charge in [0.05, 0.1) is 6.10 Å². The molecule has 0 saturated heterocycles. The fraction of sp³-hybridized carbons (Fsp3) is 0.958. The van der Waals surface area contributed by atoms with Gasteiger partial charge in [0, 0.05) is 6.42 Å². The zero-order chi connectivity index (χ0) is 20.6. The molecule has 27 heavy (non-hydrogen) atoms. The number of aliphatic hydroxyl groups excluding tert-OH is 1. The van der Waals surface area contributed by atoms with Gasteiger partial charge in [-0.2, -0.15) is 0 Å². The van der Waals surface area contributed by atoms with Crippen LogP contribution in [0.1, 0.15) is 143 Å². The first-order valence-corrected chi connectivity index (χ1v) is 12.0. The zero-order valence-corrected chi connectivity index (χ0v) is 18.8. The highest BCUT2D eigenvalue weighted by Crippen LogP contribution is 2.12. The summed E-state index contributed by atoms with van der Waals surface area (Å²) in [6, 6.07) is 0. The molecule has 164 valence electrons. The van der Waals surface area contributed by atoms with E-state index in [1.54, 1.807) is 0 Å². The number of unbranched alkanes of at least 4 members (excludes halogenated alkanes) is 14. The number of hydrogen-bond acceptors (Lipinski definition) is 2. The molecule has 0 amide bonds. The van der Waals surface area contributed by atoms with Gasteiger partial charge in [-0.25, -0.2) is 0 Å². The van der Waals surface area contributed by atoms with E-state index in [1.165, 1.54) is 89.9 Å². The Kier molecular flexibility index (Phi) is 27.0. The van der Waals surface area contributed by atoms with Gasteiger partial charge in [-0.3, -0.25) is 4.79 Å². The van der Waals surface area contributed by atoms with Crippen LogP contribution in [-0.4, -0.2) is 22.3 Å². The third kappa shape index (κ3) is 30.4. The van der Waals surface area contributed by atoms with Crippen LogP contribution in [-0.2, 0) is 4.79 Å². The Morgan fingerprint density at radius 3 is 1.37 bits per heavy atom. The van der Waals surface area contributed by atoms with Gasteiger partial charge in [0.2, 0.25) is 0 Å².